The van der Waals surface area contributed by atoms with Crippen molar-refractivity contribution in [2.24, 2.45) is 0 Å². The highest BCUT2D eigenvalue weighted by molar-refractivity contribution is 7.07. The van der Waals surface area contributed by atoms with Gasteiger partial charge in [0.1, 0.15) is 5.65 Å². The van der Waals surface area contributed by atoms with Gasteiger partial charge in [-0.15, -0.1) is 0 Å². The number of hydrogen-bond donors (Lipinski definition) is 1. The zero-order valence-electron chi connectivity index (χ0n) is 15.4. The molecule has 28 heavy (non-hydrogen) atoms. The van der Waals surface area contributed by atoms with Crippen LogP contribution >= 0.6 is 11.3 Å². The topological polar surface area (TPSA) is 86.9 Å². The molecule has 0 atom stereocenters. The zero-order chi connectivity index (χ0) is 19.3. The molecule has 4 aromatic rings. The van der Waals surface area contributed by atoms with Crippen molar-refractivity contribution in [2.45, 2.75) is 26.4 Å². The molecule has 0 radical (unpaired) electrons. The van der Waals surface area contributed by atoms with E-state index in [1.807, 2.05) is 18.5 Å². The maximum Gasteiger partial charge on any atom is 0.307 e. The fourth-order valence-electron chi connectivity index (χ4n) is 2.86. The van der Waals surface area contributed by atoms with E-state index in [0.717, 1.165) is 23.3 Å². The van der Waals surface area contributed by atoms with Gasteiger partial charge in [0.25, 0.3) is 0 Å². The molecule has 0 aliphatic rings. The third-order valence-electron chi connectivity index (χ3n) is 4.17. The molecule has 0 fully saturated rings. The maximum absolute atomic E-state index is 11.5. The highest BCUT2D eigenvalue weighted by Crippen LogP contribution is 2.19. The summed E-state index contributed by atoms with van der Waals surface area (Å²) < 4.78 is 8.73. The summed E-state index contributed by atoms with van der Waals surface area (Å²) in [7, 11) is 0. The molecule has 4 rings (SSSR count). The fourth-order valence-corrected chi connectivity index (χ4v) is 3.52. The van der Waals surface area contributed by atoms with Gasteiger partial charge in [-0.25, -0.2) is 4.98 Å². The lowest BCUT2D eigenvalue weighted by Gasteiger charge is -2.05. The smallest absolute Gasteiger partial charge is 0.307 e. The lowest BCUT2D eigenvalue weighted by atomic mass is 10.3. The molecular weight excluding hydrogens is 376 g/mol. The molecule has 1 N–H and O–H groups in total. The highest BCUT2D eigenvalue weighted by atomic mass is 32.1. The molecule has 4 heterocycles. The third-order valence-corrected chi connectivity index (χ3v) is 4.91. The van der Waals surface area contributed by atoms with Gasteiger partial charge in [-0.2, -0.15) is 21.4 Å². The Morgan fingerprint density at radius 2 is 2.25 bits per heavy atom. The minimum Gasteiger partial charge on any atom is -0.466 e. The minimum atomic E-state index is -0.229. The van der Waals surface area contributed by atoms with Crippen LogP contribution in [-0.2, 0) is 22.6 Å². The first-order valence-corrected chi connectivity index (χ1v) is 9.93. The van der Waals surface area contributed by atoms with Crippen molar-refractivity contribution in [1.82, 2.24) is 24.3 Å². The summed E-state index contributed by atoms with van der Waals surface area (Å²) in [6, 6.07) is 4.13. The average molecular weight is 396 g/mol. The summed E-state index contributed by atoms with van der Waals surface area (Å²) in [6.07, 6.45) is 7.61. The van der Waals surface area contributed by atoms with Crippen LogP contribution in [0.5, 0.6) is 0 Å². The summed E-state index contributed by atoms with van der Waals surface area (Å²) in [4.78, 5) is 20.5. The number of hydrogen-bond acceptors (Lipinski definition) is 7. The summed E-state index contributed by atoms with van der Waals surface area (Å²) in [6.45, 7) is 3.42. The Hall–Kier alpha value is -3.20. The Morgan fingerprint density at radius 1 is 1.32 bits per heavy atom. The van der Waals surface area contributed by atoms with Crippen LogP contribution in [0.25, 0.3) is 11.0 Å². The van der Waals surface area contributed by atoms with Gasteiger partial charge < -0.3 is 14.6 Å². The zero-order valence-corrected chi connectivity index (χ0v) is 16.2. The minimum absolute atomic E-state index is 0.229. The number of aryl methyl sites for hydroxylation is 1. The van der Waals surface area contributed by atoms with E-state index in [9.17, 15) is 4.79 Å². The molecule has 4 aromatic heterocycles. The van der Waals surface area contributed by atoms with Crippen molar-refractivity contribution in [3.8, 4) is 0 Å². The molecule has 0 amide bonds. The SMILES string of the molecule is CCOC(=O)CCn1cc(Nc2ncc3ccn(Cc4ccsc4)c3n2)cn1. The molecule has 8 nitrogen and oxygen atoms in total. The lowest BCUT2D eigenvalue weighted by molar-refractivity contribution is -0.143. The summed E-state index contributed by atoms with van der Waals surface area (Å²) in [5, 5.41) is 12.6. The van der Waals surface area contributed by atoms with Crippen LogP contribution in [0.2, 0.25) is 0 Å². The van der Waals surface area contributed by atoms with Crippen LogP contribution in [0.4, 0.5) is 11.6 Å². The highest BCUT2D eigenvalue weighted by Gasteiger charge is 2.08. The number of fused-ring (bicyclic) bond motifs is 1. The van der Waals surface area contributed by atoms with E-state index in [-0.39, 0.29) is 12.4 Å². The molecular formula is C19H20N6O2S. The van der Waals surface area contributed by atoms with Gasteiger partial charge in [0, 0.05) is 30.5 Å². The number of ether oxygens (including phenoxy) is 1. The van der Waals surface area contributed by atoms with E-state index >= 15 is 0 Å². The Bertz CT molecular complexity index is 1070. The molecule has 0 aliphatic carbocycles. The second-order valence-corrected chi connectivity index (χ2v) is 7.00. The van der Waals surface area contributed by atoms with Crippen LogP contribution in [0.1, 0.15) is 18.9 Å². The van der Waals surface area contributed by atoms with E-state index in [0.29, 0.717) is 19.1 Å². The Morgan fingerprint density at radius 3 is 3.07 bits per heavy atom. The van der Waals surface area contributed by atoms with Gasteiger partial charge in [0.15, 0.2) is 0 Å². The first-order chi connectivity index (χ1) is 13.7. The van der Waals surface area contributed by atoms with Gasteiger partial charge in [0.05, 0.1) is 31.5 Å². The first-order valence-electron chi connectivity index (χ1n) is 8.99. The first kappa shape index (κ1) is 18.2. The van der Waals surface area contributed by atoms with E-state index in [1.54, 1.807) is 35.3 Å². The van der Waals surface area contributed by atoms with Crippen molar-refractivity contribution < 1.29 is 9.53 Å². The second-order valence-electron chi connectivity index (χ2n) is 6.22. The number of thiophene rings is 1. The van der Waals surface area contributed by atoms with E-state index in [2.05, 4.69) is 41.8 Å². The predicted octanol–water partition coefficient (Wildman–Crippen LogP) is 3.43. The monoisotopic (exact) mass is 396 g/mol. The molecule has 0 bridgehead atoms. The Kier molecular flexibility index (Phi) is 5.34. The number of rotatable bonds is 8. The van der Waals surface area contributed by atoms with E-state index in [4.69, 9.17) is 4.74 Å². The number of aromatic nitrogens is 5. The molecule has 0 saturated heterocycles. The van der Waals surface area contributed by atoms with Crippen LogP contribution in [0.15, 0.2) is 47.7 Å². The number of carbonyl (C=O) groups excluding carboxylic acids is 1. The largest absolute Gasteiger partial charge is 0.466 e. The van der Waals surface area contributed by atoms with Gasteiger partial charge in [-0.1, -0.05) is 0 Å². The molecule has 0 aliphatic heterocycles. The summed E-state index contributed by atoms with van der Waals surface area (Å²) >= 11 is 1.69. The normalized spacial score (nSPS) is 11.0. The molecule has 0 saturated carbocycles. The van der Waals surface area contributed by atoms with E-state index < -0.39 is 0 Å². The van der Waals surface area contributed by atoms with Crippen molar-refractivity contribution in [3.05, 3.63) is 53.2 Å². The number of carbonyl (C=O) groups is 1. The van der Waals surface area contributed by atoms with Crippen molar-refractivity contribution in [2.75, 3.05) is 11.9 Å². The third kappa shape index (κ3) is 4.20. The Labute approximate surface area is 165 Å². The van der Waals surface area contributed by atoms with Gasteiger partial charge in [0.2, 0.25) is 5.95 Å². The second kappa shape index (κ2) is 8.22. The molecule has 0 spiro atoms. The molecule has 9 heteroatoms. The number of nitrogens with zero attached hydrogens (tertiary/aromatic N) is 5. The summed E-state index contributed by atoms with van der Waals surface area (Å²) in [5.74, 6) is 0.274. The Balaban J connectivity index is 1.45. The average Bonchev–Trinajstić information content (AvgIpc) is 3.43. The van der Waals surface area contributed by atoms with Gasteiger partial charge in [-0.05, 0) is 35.4 Å². The number of anilines is 2. The molecule has 144 valence electrons. The van der Waals surface area contributed by atoms with Crippen molar-refractivity contribution >= 4 is 40.0 Å². The summed E-state index contributed by atoms with van der Waals surface area (Å²) in [5.41, 5.74) is 2.89. The quantitative estimate of drug-likeness (QED) is 0.459. The maximum atomic E-state index is 11.5. The van der Waals surface area contributed by atoms with Crippen LogP contribution in [0.3, 0.4) is 0 Å². The number of nitrogens with one attached hydrogen (secondary N) is 1. The van der Waals surface area contributed by atoms with Crippen molar-refractivity contribution in [1.29, 1.82) is 0 Å². The fraction of sp³-hybridized carbons (Fsp3) is 0.263. The molecule has 0 unspecified atom stereocenters. The van der Waals surface area contributed by atoms with E-state index in [1.165, 1.54) is 5.56 Å². The van der Waals surface area contributed by atoms with Crippen LogP contribution < -0.4 is 5.32 Å². The van der Waals surface area contributed by atoms with Gasteiger partial charge >= 0.3 is 5.97 Å². The lowest BCUT2D eigenvalue weighted by Crippen LogP contribution is -2.09. The predicted molar refractivity (Wildman–Crippen MR) is 108 cm³/mol. The van der Waals surface area contributed by atoms with Gasteiger partial charge in [-0.3, -0.25) is 9.48 Å². The number of esters is 1. The molecule has 0 aromatic carbocycles. The standard InChI is InChI=1S/C19H20N6O2S/c1-2-27-17(26)4-7-25-12-16(10-21-25)22-19-20-9-15-3-6-24(18(15)23-19)11-14-5-8-28-13-14/h3,5-6,8-10,12-13H,2,4,7,11H2,1H3,(H,20,22,23). The van der Waals surface area contributed by atoms with Crippen LogP contribution in [-0.4, -0.2) is 36.9 Å². The van der Waals surface area contributed by atoms with Crippen LogP contribution in [0, 0.1) is 0 Å². The van der Waals surface area contributed by atoms with Crippen molar-refractivity contribution in [3.63, 3.8) is 0 Å².